The van der Waals surface area contributed by atoms with E-state index in [1.807, 2.05) is 0 Å². The maximum atomic E-state index is 11.6. The molecule has 4 heteroatoms. The molecule has 1 fully saturated rings. The van der Waals surface area contributed by atoms with Gasteiger partial charge in [-0.2, -0.15) is 5.10 Å². The molecule has 0 radical (unpaired) electrons. The summed E-state index contributed by atoms with van der Waals surface area (Å²) in [5.74, 6) is 0.0712. The third kappa shape index (κ3) is 7.98. The number of piperidine rings is 1. The van der Waals surface area contributed by atoms with E-state index in [2.05, 4.69) is 29.4 Å². The number of amides is 1. The molecule has 0 atom stereocenters. The minimum Gasteiger partial charge on any atom is -0.306 e. The molecule has 0 aromatic carbocycles. The van der Waals surface area contributed by atoms with Gasteiger partial charge in [0.25, 0.3) is 0 Å². The standard InChI is InChI=1S/C15H29N3O/c1-3-4-5-6-7-8-9-15(19)17-16-14-10-12-18(2)13-11-14/h3-13H2,1-2H3,(H,17,19). The fourth-order valence-corrected chi connectivity index (χ4v) is 2.25. The third-order valence-electron chi connectivity index (χ3n) is 3.66. The lowest BCUT2D eigenvalue weighted by atomic mass is 10.1. The maximum Gasteiger partial charge on any atom is 0.240 e. The van der Waals surface area contributed by atoms with Gasteiger partial charge >= 0.3 is 0 Å². The lowest BCUT2D eigenvalue weighted by molar-refractivity contribution is -0.121. The van der Waals surface area contributed by atoms with Gasteiger partial charge in [-0.15, -0.1) is 0 Å². The van der Waals surface area contributed by atoms with E-state index in [0.717, 1.165) is 44.5 Å². The van der Waals surface area contributed by atoms with Crippen molar-refractivity contribution in [3.8, 4) is 0 Å². The Labute approximate surface area is 117 Å². The summed E-state index contributed by atoms with van der Waals surface area (Å²) in [6.45, 7) is 4.31. The van der Waals surface area contributed by atoms with Crippen molar-refractivity contribution < 1.29 is 4.79 Å². The van der Waals surface area contributed by atoms with Crippen LogP contribution in [0, 0.1) is 0 Å². The Hall–Kier alpha value is -0.900. The number of carbonyl (C=O) groups excluding carboxylic acids is 1. The van der Waals surface area contributed by atoms with E-state index in [0.29, 0.717) is 6.42 Å². The van der Waals surface area contributed by atoms with Gasteiger partial charge in [-0.05, 0) is 13.5 Å². The lowest BCUT2D eigenvalue weighted by Gasteiger charge is -2.22. The van der Waals surface area contributed by atoms with E-state index in [4.69, 9.17) is 0 Å². The van der Waals surface area contributed by atoms with Crippen molar-refractivity contribution in [1.29, 1.82) is 0 Å². The molecule has 1 rings (SSSR count). The van der Waals surface area contributed by atoms with Crippen LogP contribution in [-0.2, 0) is 4.79 Å². The Morgan fingerprint density at radius 2 is 1.79 bits per heavy atom. The number of hydrogen-bond donors (Lipinski definition) is 1. The molecule has 4 nitrogen and oxygen atoms in total. The van der Waals surface area contributed by atoms with E-state index in [1.54, 1.807) is 0 Å². The molecular weight excluding hydrogens is 238 g/mol. The van der Waals surface area contributed by atoms with Crippen molar-refractivity contribution in [3.05, 3.63) is 0 Å². The molecule has 1 aliphatic heterocycles. The number of hydrazone groups is 1. The van der Waals surface area contributed by atoms with Crippen LogP contribution in [0.25, 0.3) is 0 Å². The summed E-state index contributed by atoms with van der Waals surface area (Å²) in [7, 11) is 2.12. The first-order valence-corrected chi connectivity index (χ1v) is 7.75. The smallest absolute Gasteiger partial charge is 0.240 e. The summed E-state index contributed by atoms with van der Waals surface area (Å²) in [6, 6.07) is 0. The summed E-state index contributed by atoms with van der Waals surface area (Å²) in [4.78, 5) is 13.9. The van der Waals surface area contributed by atoms with Crippen LogP contribution in [0.4, 0.5) is 0 Å². The lowest BCUT2D eigenvalue weighted by Crippen LogP contribution is -2.31. The molecule has 1 amide bonds. The zero-order chi connectivity index (χ0) is 13.9. The predicted octanol–water partition coefficient (Wildman–Crippen LogP) is 2.93. The summed E-state index contributed by atoms with van der Waals surface area (Å²) in [5.41, 5.74) is 3.83. The Balaban J connectivity index is 2.03. The first kappa shape index (κ1) is 16.2. The quantitative estimate of drug-likeness (QED) is 0.543. The topological polar surface area (TPSA) is 44.7 Å². The second-order valence-electron chi connectivity index (χ2n) is 5.53. The van der Waals surface area contributed by atoms with Gasteiger partial charge in [-0.3, -0.25) is 4.79 Å². The molecule has 0 aliphatic carbocycles. The van der Waals surface area contributed by atoms with Gasteiger partial charge in [-0.1, -0.05) is 39.0 Å². The molecule has 0 aromatic heterocycles. The second kappa shape index (κ2) is 9.96. The van der Waals surface area contributed by atoms with Gasteiger partial charge in [0.15, 0.2) is 0 Å². The van der Waals surface area contributed by atoms with E-state index < -0.39 is 0 Å². The Bertz CT molecular complexity index is 279. The van der Waals surface area contributed by atoms with Crippen LogP contribution in [0.15, 0.2) is 5.10 Å². The number of hydrogen-bond acceptors (Lipinski definition) is 3. The van der Waals surface area contributed by atoms with Gasteiger partial charge in [0, 0.05) is 38.1 Å². The van der Waals surface area contributed by atoms with E-state index >= 15 is 0 Å². The molecule has 0 unspecified atom stereocenters. The number of rotatable bonds is 8. The van der Waals surface area contributed by atoms with Crippen molar-refractivity contribution in [2.24, 2.45) is 5.10 Å². The van der Waals surface area contributed by atoms with E-state index in [1.165, 1.54) is 25.7 Å². The summed E-state index contributed by atoms with van der Waals surface area (Å²) >= 11 is 0. The highest BCUT2D eigenvalue weighted by atomic mass is 16.2. The number of unbranched alkanes of at least 4 members (excludes halogenated alkanes) is 5. The molecule has 1 N–H and O–H groups in total. The Morgan fingerprint density at radius 1 is 1.16 bits per heavy atom. The summed E-state index contributed by atoms with van der Waals surface area (Å²) in [5, 5.41) is 4.24. The van der Waals surface area contributed by atoms with Crippen molar-refractivity contribution >= 4 is 11.6 Å². The first-order chi connectivity index (χ1) is 9.22. The number of carbonyl (C=O) groups is 1. The average molecular weight is 267 g/mol. The van der Waals surface area contributed by atoms with Gasteiger partial charge in [0.1, 0.15) is 0 Å². The second-order valence-corrected chi connectivity index (χ2v) is 5.53. The fourth-order valence-electron chi connectivity index (χ4n) is 2.25. The van der Waals surface area contributed by atoms with Crippen molar-refractivity contribution in [1.82, 2.24) is 10.3 Å². The van der Waals surface area contributed by atoms with Crippen molar-refractivity contribution in [3.63, 3.8) is 0 Å². The SMILES string of the molecule is CCCCCCCCC(=O)NN=C1CCN(C)CC1. The summed E-state index contributed by atoms with van der Waals surface area (Å²) < 4.78 is 0. The van der Waals surface area contributed by atoms with Gasteiger partial charge in [0.2, 0.25) is 5.91 Å². The van der Waals surface area contributed by atoms with Crippen LogP contribution in [0.1, 0.15) is 64.7 Å². The van der Waals surface area contributed by atoms with E-state index in [-0.39, 0.29) is 5.91 Å². The van der Waals surface area contributed by atoms with Crippen LogP contribution in [-0.4, -0.2) is 36.7 Å². The predicted molar refractivity (Wildman–Crippen MR) is 80.3 cm³/mol. The van der Waals surface area contributed by atoms with Crippen LogP contribution in [0.3, 0.4) is 0 Å². The molecule has 0 bridgehead atoms. The van der Waals surface area contributed by atoms with Crippen LogP contribution in [0.2, 0.25) is 0 Å². The molecule has 19 heavy (non-hydrogen) atoms. The van der Waals surface area contributed by atoms with Crippen LogP contribution >= 0.6 is 0 Å². The maximum absolute atomic E-state index is 11.6. The third-order valence-corrected chi connectivity index (χ3v) is 3.66. The van der Waals surface area contributed by atoms with E-state index in [9.17, 15) is 4.79 Å². The fraction of sp³-hybridized carbons (Fsp3) is 0.867. The Kier molecular flexibility index (Phi) is 8.47. The van der Waals surface area contributed by atoms with Crippen molar-refractivity contribution in [2.75, 3.05) is 20.1 Å². The largest absolute Gasteiger partial charge is 0.306 e. The minimum absolute atomic E-state index is 0.0712. The van der Waals surface area contributed by atoms with Crippen molar-refractivity contribution in [2.45, 2.75) is 64.7 Å². The monoisotopic (exact) mass is 267 g/mol. The molecule has 1 heterocycles. The van der Waals surface area contributed by atoms with Crippen LogP contribution in [0.5, 0.6) is 0 Å². The molecule has 0 spiro atoms. The molecule has 1 aliphatic rings. The number of likely N-dealkylation sites (tertiary alicyclic amines) is 1. The molecule has 1 saturated heterocycles. The average Bonchev–Trinajstić information content (AvgIpc) is 2.42. The molecule has 110 valence electrons. The highest BCUT2D eigenvalue weighted by Gasteiger charge is 2.11. The zero-order valence-electron chi connectivity index (χ0n) is 12.6. The minimum atomic E-state index is 0.0712. The number of nitrogens with one attached hydrogen (secondary N) is 1. The zero-order valence-corrected chi connectivity index (χ0v) is 12.6. The molecule has 0 aromatic rings. The molecular formula is C15H29N3O. The van der Waals surface area contributed by atoms with Gasteiger partial charge in [0.05, 0.1) is 0 Å². The Morgan fingerprint density at radius 3 is 2.47 bits per heavy atom. The molecule has 0 saturated carbocycles. The van der Waals surface area contributed by atoms with Gasteiger partial charge < -0.3 is 4.90 Å². The van der Waals surface area contributed by atoms with Crippen LogP contribution < -0.4 is 5.43 Å². The highest BCUT2D eigenvalue weighted by molar-refractivity contribution is 5.87. The number of nitrogens with zero attached hydrogens (tertiary/aromatic N) is 2. The summed E-state index contributed by atoms with van der Waals surface area (Å²) in [6.07, 6.45) is 9.86. The highest BCUT2D eigenvalue weighted by Crippen LogP contribution is 2.07. The first-order valence-electron chi connectivity index (χ1n) is 7.75. The van der Waals surface area contributed by atoms with Gasteiger partial charge in [-0.25, -0.2) is 5.43 Å². The normalized spacial score (nSPS) is 16.4.